The predicted molar refractivity (Wildman–Crippen MR) is 120 cm³/mol. The van der Waals surface area contributed by atoms with Crippen LogP contribution in [0.1, 0.15) is 23.9 Å². The summed E-state index contributed by atoms with van der Waals surface area (Å²) < 4.78 is 40.1. The fourth-order valence-corrected chi connectivity index (χ4v) is 3.74. The normalized spacial score (nSPS) is 11.3. The highest BCUT2D eigenvalue weighted by Gasteiger charge is 2.30. The lowest BCUT2D eigenvalue weighted by atomic mass is 10.1. The molecule has 0 radical (unpaired) electrons. The summed E-state index contributed by atoms with van der Waals surface area (Å²) in [6.45, 7) is 2.00. The maximum Gasteiger partial charge on any atom is 0.416 e. The summed E-state index contributed by atoms with van der Waals surface area (Å²) in [5.74, 6) is -0.317. The largest absolute Gasteiger partial charge is 0.416 e. The minimum absolute atomic E-state index is 0.0376. The molecule has 0 aliphatic carbocycles. The number of aryl methyl sites for hydroxylation is 1. The van der Waals surface area contributed by atoms with Crippen molar-refractivity contribution in [3.8, 4) is 0 Å². The first-order chi connectivity index (χ1) is 15.7. The molecule has 2 aromatic carbocycles. The Balaban J connectivity index is 1.56. The van der Waals surface area contributed by atoms with Crippen LogP contribution in [-0.2, 0) is 35.7 Å². The van der Waals surface area contributed by atoms with Crippen molar-refractivity contribution in [3.05, 3.63) is 65.5 Å². The number of anilines is 2. The SMILES string of the molecule is CCc1ccccc1NC(=O)CSc1nnc(CC(=O)Nc2cccc(C(F)(F)F)c2)n1C. The summed E-state index contributed by atoms with van der Waals surface area (Å²) in [7, 11) is 1.65. The van der Waals surface area contributed by atoms with Crippen molar-refractivity contribution in [2.75, 3.05) is 16.4 Å². The second kappa shape index (κ2) is 10.5. The third-order valence-corrected chi connectivity index (χ3v) is 5.74. The van der Waals surface area contributed by atoms with Gasteiger partial charge in [-0.05, 0) is 36.2 Å². The second-order valence-electron chi connectivity index (χ2n) is 7.11. The Hall–Kier alpha value is -3.34. The van der Waals surface area contributed by atoms with Crippen LogP contribution in [-0.4, -0.2) is 32.3 Å². The Morgan fingerprint density at radius 3 is 2.52 bits per heavy atom. The number of carbonyl (C=O) groups is 2. The molecule has 7 nitrogen and oxygen atoms in total. The average Bonchev–Trinajstić information content (AvgIpc) is 3.11. The van der Waals surface area contributed by atoms with Gasteiger partial charge in [-0.25, -0.2) is 0 Å². The quantitative estimate of drug-likeness (QED) is 0.472. The van der Waals surface area contributed by atoms with E-state index in [0.29, 0.717) is 11.0 Å². The molecule has 1 aromatic heterocycles. The van der Waals surface area contributed by atoms with E-state index in [1.807, 2.05) is 31.2 Å². The van der Waals surface area contributed by atoms with Gasteiger partial charge in [0.1, 0.15) is 5.82 Å². The van der Waals surface area contributed by atoms with E-state index >= 15 is 0 Å². The lowest BCUT2D eigenvalue weighted by Crippen LogP contribution is -2.18. The van der Waals surface area contributed by atoms with Crippen molar-refractivity contribution >= 4 is 35.0 Å². The molecule has 2 amide bonds. The summed E-state index contributed by atoms with van der Waals surface area (Å²) in [4.78, 5) is 24.6. The Labute approximate surface area is 192 Å². The van der Waals surface area contributed by atoms with Gasteiger partial charge in [0.25, 0.3) is 0 Å². The molecule has 0 aliphatic rings. The molecule has 0 bridgehead atoms. The first kappa shape index (κ1) is 24.3. The van der Waals surface area contributed by atoms with Gasteiger partial charge in [0, 0.05) is 18.4 Å². The highest BCUT2D eigenvalue weighted by molar-refractivity contribution is 7.99. The zero-order valence-corrected chi connectivity index (χ0v) is 18.8. The smallest absolute Gasteiger partial charge is 0.326 e. The number of halogens is 3. The van der Waals surface area contributed by atoms with E-state index in [-0.39, 0.29) is 23.8 Å². The molecule has 0 saturated heterocycles. The third kappa shape index (κ3) is 6.58. The predicted octanol–water partition coefficient (Wildman–Crippen LogP) is 4.31. The van der Waals surface area contributed by atoms with E-state index < -0.39 is 17.6 Å². The number of hydrogen-bond acceptors (Lipinski definition) is 5. The zero-order chi connectivity index (χ0) is 24.0. The fourth-order valence-electron chi connectivity index (χ4n) is 3.01. The van der Waals surface area contributed by atoms with Crippen LogP contribution in [0.3, 0.4) is 0 Å². The molecule has 0 aliphatic heterocycles. The van der Waals surface area contributed by atoms with Crippen molar-refractivity contribution in [2.24, 2.45) is 7.05 Å². The molecule has 0 atom stereocenters. The molecular formula is C22H22F3N5O2S. The summed E-state index contributed by atoms with van der Waals surface area (Å²) in [6.07, 6.45) is -3.89. The minimum atomic E-state index is -4.50. The van der Waals surface area contributed by atoms with E-state index in [4.69, 9.17) is 0 Å². The van der Waals surface area contributed by atoms with Crippen molar-refractivity contribution in [1.29, 1.82) is 0 Å². The van der Waals surface area contributed by atoms with Gasteiger partial charge >= 0.3 is 6.18 Å². The van der Waals surface area contributed by atoms with Gasteiger partial charge in [-0.3, -0.25) is 9.59 Å². The number of carbonyl (C=O) groups excluding carboxylic acids is 2. The summed E-state index contributed by atoms with van der Waals surface area (Å²) in [6, 6.07) is 11.9. The number of hydrogen-bond donors (Lipinski definition) is 2. The molecule has 0 saturated carbocycles. The maximum atomic E-state index is 12.8. The number of amides is 2. The molecule has 33 heavy (non-hydrogen) atoms. The van der Waals surface area contributed by atoms with Gasteiger partial charge < -0.3 is 15.2 Å². The van der Waals surface area contributed by atoms with Crippen LogP contribution in [0.5, 0.6) is 0 Å². The van der Waals surface area contributed by atoms with Gasteiger partial charge in [0.15, 0.2) is 5.16 Å². The van der Waals surface area contributed by atoms with Crippen LogP contribution in [0.2, 0.25) is 0 Å². The molecule has 174 valence electrons. The Bertz CT molecular complexity index is 1150. The number of aromatic nitrogens is 3. The third-order valence-electron chi connectivity index (χ3n) is 4.72. The van der Waals surface area contributed by atoms with Gasteiger partial charge in [0.2, 0.25) is 11.8 Å². The van der Waals surface area contributed by atoms with Crippen LogP contribution in [0.15, 0.2) is 53.7 Å². The number of nitrogens with zero attached hydrogens (tertiary/aromatic N) is 3. The Morgan fingerprint density at radius 2 is 1.79 bits per heavy atom. The van der Waals surface area contributed by atoms with E-state index in [1.165, 1.54) is 23.9 Å². The summed E-state index contributed by atoms with van der Waals surface area (Å²) >= 11 is 1.17. The van der Waals surface area contributed by atoms with Crippen LogP contribution in [0.4, 0.5) is 24.5 Å². The van der Waals surface area contributed by atoms with E-state index in [9.17, 15) is 22.8 Å². The molecule has 0 unspecified atom stereocenters. The first-order valence-corrected chi connectivity index (χ1v) is 11.0. The lowest BCUT2D eigenvalue weighted by Gasteiger charge is -2.10. The van der Waals surface area contributed by atoms with Crippen LogP contribution in [0, 0.1) is 0 Å². The molecule has 3 rings (SSSR count). The summed E-state index contributed by atoms with van der Waals surface area (Å²) in [5, 5.41) is 13.7. The van der Waals surface area contributed by atoms with Crippen molar-refractivity contribution in [2.45, 2.75) is 31.1 Å². The second-order valence-corrected chi connectivity index (χ2v) is 8.05. The lowest BCUT2D eigenvalue weighted by molar-refractivity contribution is -0.137. The molecule has 1 heterocycles. The molecule has 3 aromatic rings. The van der Waals surface area contributed by atoms with Crippen molar-refractivity contribution in [3.63, 3.8) is 0 Å². The average molecular weight is 478 g/mol. The van der Waals surface area contributed by atoms with Crippen LogP contribution >= 0.6 is 11.8 Å². The Kier molecular flexibility index (Phi) is 7.75. The Morgan fingerprint density at radius 1 is 1.03 bits per heavy atom. The molecule has 11 heteroatoms. The number of nitrogens with one attached hydrogen (secondary N) is 2. The number of para-hydroxylation sites is 1. The number of benzene rings is 2. The van der Waals surface area contributed by atoms with Crippen LogP contribution in [0.25, 0.3) is 0 Å². The van der Waals surface area contributed by atoms with Crippen molar-refractivity contribution in [1.82, 2.24) is 14.8 Å². The van der Waals surface area contributed by atoms with Crippen molar-refractivity contribution < 1.29 is 22.8 Å². The monoisotopic (exact) mass is 477 g/mol. The van der Waals surface area contributed by atoms with Crippen LogP contribution < -0.4 is 10.6 Å². The number of thioether (sulfide) groups is 1. The van der Waals surface area contributed by atoms with Gasteiger partial charge in [-0.15, -0.1) is 10.2 Å². The van der Waals surface area contributed by atoms with E-state index in [2.05, 4.69) is 20.8 Å². The highest BCUT2D eigenvalue weighted by atomic mass is 32.2. The standard InChI is InChI=1S/C22H22F3N5O2S/c1-3-14-7-4-5-10-17(14)27-20(32)13-33-21-29-28-18(30(21)2)12-19(31)26-16-9-6-8-15(11-16)22(23,24)25/h4-11H,3,12-13H2,1-2H3,(H,26,31)(H,27,32). The van der Waals surface area contributed by atoms with Gasteiger partial charge in [0.05, 0.1) is 17.7 Å². The zero-order valence-electron chi connectivity index (χ0n) is 17.9. The molecule has 0 spiro atoms. The van der Waals surface area contributed by atoms with Gasteiger partial charge in [-0.2, -0.15) is 13.2 Å². The molecular weight excluding hydrogens is 455 g/mol. The molecule has 0 fully saturated rings. The van der Waals surface area contributed by atoms with Gasteiger partial charge in [-0.1, -0.05) is 43.0 Å². The molecule has 2 N–H and O–H groups in total. The summed E-state index contributed by atoms with van der Waals surface area (Å²) in [5.41, 5.74) is 0.979. The number of alkyl halides is 3. The number of rotatable bonds is 8. The highest BCUT2D eigenvalue weighted by Crippen LogP contribution is 2.30. The van der Waals surface area contributed by atoms with E-state index in [0.717, 1.165) is 29.8 Å². The maximum absolute atomic E-state index is 12.8. The topological polar surface area (TPSA) is 88.9 Å². The fraction of sp³-hybridized carbons (Fsp3) is 0.273. The minimum Gasteiger partial charge on any atom is -0.326 e. The van der Waals surface area contributed by atoms with E-state index in [1.54, 1.807) is 11.6 Å². The first-order valence-electron chi connectivity index (χ1n) is 10.0.